The molecule has 12 heavy (non-hydrogen) atoms. The molecule has 1 aromatic rings. The number of amides is 1. The van der Waals surface area contributed by atoms with Gasteiger partial charge in [0.2, 0.25) is 5.91 Å². The molecule has 0 aliphatic carbocycles. The topological polar surface area (TPSA) is 68.0 Å². The molecule has 1 amide bonds. The summed E-state index contributed by atoms with van der Waals surface area (Å²) in [5.41, 5.74) is 2.53. The minimum absolute atomic E-state index is 0.107. The van der Waals surface area contributed by atoms with Crippen LogP contribution in [0, 0.1) is 0 Å². The van der Waals surface area contributed by atoms with Crippen LogP contribution in [0.15, 0.2) is 18.3 Å². The average molecular weight is 186 g/mol. The van der Waals surface area contributed by atoms with Gasteiger partial charge in [0.25, 0.3) is 0 Å². The van der Waals surface area contributed by atoms with Crippen molar-refractivity contribution in [3.63, 3.8) is 0 Å². The molecule has 0 atom stereocenters. The van der Waals surface area contributed by atoms with Crippen LogP contribution < -0.4 is 11.3 Å². The predicted octanol–water partition coefficient (Wildman–Crippen LogP) is 0.267. The third-order valence-electron chi connectivity index (χ3n) is 1.32. The zero-order valence-corrected chi connectivity index (χ0v) is 7.01. The molecule has 0 unspecified atom stereocenters. The highest BCUT2D eigenvalue weighted by molar-refractivity contribution is 6.31. The number of carbonyl (C=O) groups excluding carboxylic acids is 1. The molecule has 0 fully saturated rings. The molecular weight excluding hydrogens is 178 g/mol. The van der Waals surface area contributed by atoms with Crippen LogP contribution in [0.2, 0.25) is 5.02 Å². The predicted molar refractivity (Wildman–Crippen MR) is 45.3 cm³/mol. The van der Waals surface area contributed by atoms with Gasteiger partial charge < -0.3 is 0 Å². The van der Waals surface area contributed by atoms with Crippen LogP contribution in [0.1, 0.15) is 5.69 Å². The van der Waals surface area contributed by atoms with Crippen LogP contribution in [-0.2, 0) is 11.2 Å². The fourth-order valence-corrected chi connectivity index (χ4v) is 0.940. The summed E-state index contributed by atoms with van der Waals surface area (Å²) < 4.78 is 0. The van der Waals surface area contributed by atoms with Gasteiger partial charge in [-0.3, -0.25) is 15.2 Å². The first-order valence-electron chi connectivity index (χ1n) is 3.33. The number of hydrazine groups is 1. The van der Waals surface area contributed by atoms with Crippen LogP contribution in [-0.4, -0.2) is 10.9 Å². The van der Waals surface area contributed by atoms with Crippen molar-refractivity contribution in [2.45, 2.75) is 6.42 Å². The largest absolute Gasteiger partial charge is 0.294 e. The van der Waals surface area contributed by atoms with Gasteiger partial charge >= 0.3 is 0 Å². The lowest BCUT2D eigenvalue weighted by Crippen LogP contribution is -2.31. The first kappa shape index (κ1) is 8.96. The molecule has 64 valence electrons. The van der Waals surface area contributed by atoms with E-state index in [4.69, 9.17) is 17.4 Å². The first-order valence-corrected chi connectivity index (χ1v) is 3.70. The van der Waals surface area contributed by atoms with Crippen molar-refractivity contribution < 1.29 is 4.79 Å². The second-order valence-corrected chi connectivity index (χ2v) is 2.58. The fraction of sp³-hybridized carbons (Fsp3) is 0.143. The maximum absolute atomic E-state index is 10.8. The summed E-state index contributed by atoms with van der Waals surface area (Å²) in [6, 6.07) is 3.37. The number of aromatic nitrogens is 1. The van der Waals surface area contributed by atoms with Crippen LogP contribution in [0.25, 0.3) is 0 Å². The maximum atomic E-state index is 10.8. The second-order valence-electron chi connectivity index (χ2n) is 2.18. The van der Waals surface area contributed by atoms with Gasteiger partial charge in [0, 0.05) is 6.20 Å². The zero-order chi connectivity index (χ0) is 8.97. The standard InChI is InChI=1S/C7H8ClN3O/c8-5-2-1-3-10-6(5)4-7(12)11-9/h1-3H,4,9H2,(H,11,12). The molecule has 1 aromatic heterocycles. The van der Waals surface area contributed by atoms with Crippen molar-refractivity contribution in [2.24, 2.45) is 5.84 Å². The summed E-state index contributed by atoms with van der Waals surface area (Å²) in [6.07, 6.45) is 1.68. The van der Waals surface area contributed by atoms with Gasteiger partial charge in [-0.05, 0) is 12.1 Å². The van der Waals surface area contributed by atoms with E-state index in [2.05, 4.69) is 4.98 Å². The highest BCUT2D eigenvalue weighted by atomic mass is 35.5. The summed E-state index contributed by atoms with van der Waals surface area (Å²) in [5.74, 6) is 4.59. The van der Waals surface area contributed by atoms with Gasteiger partial charge in [0.05, 0.1) is 17.1 Å². The van der Waals surface area contributed by atoms with Crippen molar-refractivity contribution in [1.82, 2.24) is 10.4 Å². The van der Waals surface area contributed by atoms with Gasteiger partial charge in [0.15, 0.2) is 0 Å². The van der Waals surface area contributed by atoms with Crippen LogP contribution in [0.5, 0.6) is 0 Å². The number of hydrogen-bond donors (Lipinski definition) is 2. The summed E-state index contributed by atoms with van der Waals surface area (Å²) in [5, 5.41) is 0.473. The Labute approximate surface area is 74.7 Å². The van der Waals surface area contributed by atoms with E-state index in [-0.39, 0.29) is 12.3 Å². The Morgan fingerprint density at radius 3 is 3.08 bits per heavy atom. The molecule has 3 N–H and O–H groups in total. The third kappa shape index (κ3) is 2.18. The van der Waals surface area contributed by atoms with E-state index in [9.17, 15) is 4.79 Å². The number of nitrogens with two attached hydrogens (primary N) is 1. The van der Waals surface area contributed by atoms with E-state index in [0.29, 0.717) is 10.7 Å². The Hall–Kier alpha value is -1.13. The van der Waals surface area contributed by atoms with Gasteiger partial charge in [-0.2, -0.15) is 0 Å². The van der Waals surface area contributed by atoms with Crippen LogP contribution >= 0.6 is 11.6 Å². The number of hydrogen-bond acceptors (Lipinski definition) is 3. The normalized spacial score (nSPS) is 9.50. The molecule has 5 heteroatoms. The molecule has 4 nitrogen and oxygen atoms in total. The molecule has 0 saturated heterocycles. The molecule has 0 bridgehead atoms. The molecule has 0 aliphatic heterocycles. The van der Waals surface area contributed by atoms with Gasteiger partial charge in [-0.15, -0.1) is 0 Å². The van der Waals surface area contributed by atoms with E-state index < -0.39 is 0 Å². The van der Waals surface area contributed by atoms with Crippen molar-refractivity contribution >= 4 is 17.5 Å². The lowest BCUT2D eigenvalue weighted by atomic mass is 10.2. The minimum Gasteiger partial charge on any atom is -0.294 e. The van der Waals surface area contributed by atoms with E-state index in [1.165, 1.54) is 0 Å². The number of rotatable bonds is 2. The number of carbonyl (C=O) groups is 1. The lowest BCUT2D eigenvalue weighted by molar-refractivity contribution is -0.120. The van der Waals surface area contributed by atoms with Crippen molar-refractivity contribution in [3.8, 4) is 0 Å². The molecule has 0 aromatic carbocycles. The summed E-state index contributed by atoms with van der Waals surface area (Å²) in [4.78, 5) is 14.7. The molecule has 0 spiro atoms. The average Bonchev–Trinajstić information content (AvgIpc) is 2.09. The van der Waals surface area contributed by atoms with Gasteiger partial charge in [-0.25, -0.2) is 5.84 Å². The van der Waals surface area contributed by atoms with E-state index in [1.54, 1.807) is 18.3 Å². The van der Waals surface area contributed by atoms with E-state index >= 15 is 0 Å². The Balaban J connectivity index is 2.75. The SMILES string of the molecule is NNC(=O)Cc1ncccc1Cl. The van der Waals surface area contributed by atoms with Crippen molar-refractivity contribution in [1.29, 1.82) is 0 Å². The molecule has 0 saturated carbocycles. The highest BCUT2D eigenvalue weighted by Gasteiger charge is 2.05. The second kappa shape index (κ2) is 4.04. The van der Waals surface area contributed by atoms with Crippen LogP contribution in [0.3, 0.4) is 0 Å². The number of pyridine rings is 1. The van der Waals surface area contributed by atoms with Crippen molar-refractivity contribution in [2.75, 3.05) is 0 Å². The Morgan fingerprint density at radius 1 is 1.75 bits per heavy atom. The monoisotopic (exact) mass is 185 g/mol. The lowest BCUT2D eigenvalue weighted by Gasteiger charge is -2.00. The highest BCUT2D eigenvalue weighted by Crippen LogP contribution is 2.11. The number of nitrogens with one attached hydrogen (secondary N) is 1. The molecule has 0 radical (unpaired) electrons. The smallest absolute Gasteiger partial charge is 0.239 e. The Morgan fingerprint density at radius 2 is 2.50 bits per heavy atom. The minimum atomic E-state index is -0.310. The Bertz CT molecular complexity index is 290. The van der Waals surface area contributed by atoms with Gasteiger partial charge in [-0.1, -0.05) is 11.6 Å². The maximum Gasteiger partial charge on any atom is 0.239 e. The first-order chi connectivity index (χ1) is 5.74. The molecule has 1 heterocycles. The van der Waals surface area contributed by atoms with E-state index in [0.717, 1.165) is 0 Å². The molecule has 0 aliphatic rings. The fourth-order valence-electron chi connectivity index (χ4n) is 0.752. The third-order valence-corrected chi connectivity index (χ3v) is 1.67. The summed E-state index contributed by atoms with van der Waals surface area (Å²) in [7, 11) is 0. The molecular formula is C7H8ClN3O. The Kier molecular flexibility index (Phi) is 3.01. The number of nitrogens with zero attached hydrogens (tertiary/aromatic N) is 1. The van der Waals surface area contributed by atoms with E-state index in [1.807, 2.05) is 5.43 Å². The summed E-state index contributed by atoms with van der Waals surface area (Å²) >= 11 is 5.74. The quantitative estimate of drug-likeness (QED) is 0.395. The van der Waals surface area contributed by atoms with Gasteiger partial charge in [0.1, 0.15) is 0 Å². The molecule has 1 rings (SSSR count). The number of halogens is 1. The van der Waals surface area contributed by atoms with Crippen LogP contribution in [0.4, 0.5) is 0 Å². The summed E-state index contributed by atoms with van der Waals surface area (Å²) in [6.45, 7) is 0. The van der Waals surface area contributed by atoms with Crippen molar-refractivity contribution in [3.05, 3.63) is 29.0 Å². The zero-order valence-electron chi connectivity index (χ0n) is 6.25.